The molecule has 4 heterocycles. The molecule has 0 N–H and O–H groups in total. The maximum absolute atomic E-state index is 13.1. The topological polar surface area (TPSA) is 40.6 Å². The normalized spacial score (nSPS) is 35.4. The van der Waals surface area contributed by atoms with Crippen LogP contribution < -0.4 is 0 Å². The summed E-state index contributed by atoms with van der Waals surface area (Å²) in [6.07, 6.45) is 3.98. The summed E-state index contributed by atoms with van der Waals surface area (Å²) in [5.41, 5.74) is 2.65. The second-order valence-corrected chi connectivity index (χ2v) is 7.59. The smallest absolute Gasteiger partial charge is 0.254 e. The van der Waals surface area contributed by atoms with E-state index in [1.807, 2.05) is 18.2 Å². The van der Waals surface area contributed by atoms with Gasteiger partial charge in [0.1, 0.15) is 0 Å². The maximum atomic E-state index is 13.1. The zero-order chi connectivity index (χ0) is 15.6. The summed E-state index contributed by atoms with van der Waals surface area (Å²) in [5, 5.41) is 0. The van der Waals surface area contributed by atoms with Crippen molar-refractivity contribution in [2.45, 2.75) is 37.6 Å². The Labute approximate surface area is 136 Å². The van der Waals surface area contributed by atoms with E-state index in [0.29, 0.717) is 24.3 Å². The molecule has 0 aromatic heterocycles. The Hall–Kier alpha value is -1.68. The molecule has 120 valence electrons. The molecule has 1 aliphatic carbocycles. The highest BCUT2D eigenvalue weighted by atomic mass is 16.2. The largest absolute Gasteiger partial charge is 0.333 e. The molecule has 4 aliphatic heterocycles. The summed E-state index contributed by atoms with van der Waals surface area (Å²) in [7, 11) is 0. The van der Waals surface area contributed by atoms with Crippen LogP contribution in [0.2, 0.25) is 0 Å². The van der Waals surface area contributed by atoms with Crippen LogP contribution in [-0.2, 0) is 0 Å². The predicted molar refractivity (Wildman–Crippen MR) is 86.7 cm³/mol. The lowest BCUT2D eigenvalue weighted by Gasteiger charge is -2.51. The minimum absolute atomic E-state index is 0.159. The molecule has 0 radical (unpaired) electrons. The quantitative estimate of drug-likeness (QED) is 0.799. The fourth-order valence-corrected chi connectivity index (χ4v) is 5.25. The summed E-state index contributed by atoms with van der Waals surface area (Å²) >= 11 is 0. The fraction of sp³-hybridized carbons (Fsp3) is 0.579. The van der Waals surface area contributed by atoms with Crippen molar-refractivity contribution >= 4 is 11.7 Å². The van der Waals surface area contributed by atoms with Gasteiger partial charge in [0, 0.05) is 42.6 Å². The molecule has 5 aliphatic rings. The molecule has 1 amide bonds. The third-order valence-electron chi connectivity index (χ3n) is 6.46. The number of Topliss-reactive ketones (excluding diaryl/α,β-unsaturated/α-hetero) is 1. The van der Waals surface area contributed by atoms with Gasteiger partial charge in [0.15, 0.2) is 5.78 Å². The molecule has 4 heteroatoms. The predicted octanol–water partition coefficient (Wildman–Crippen LogP) is 2.30. The lowest BCUT2D eigenvalue weighted by Crippen LogP contribution is -2.60. The van der Waals surface area contributed by atoms with E-state index >= 15 is 0 Å². The van der Waals surface area contributed by atoms with Crippen molar-refractivity contribution in [3.8, 4) is 0 Å². The first-order chi connectivity index (χ1) is 11.2. The number of carbonyl (C=O) groups is 2. The van der Waals surface area contributed by atoms with Gasteiger partial charge in [-0.1, -0.05) is 12.1 Å². The lowest BCUT2D eigenvalue weighted by atomic mass is 9.75. The van der Waals surface area contributed by atoms with Crippen molar-refractivity contribution < 1.29 is 9.59 Å². The Balaban J connectivity index is 1.55. The zero-order valence-electron chi connectivity index (χ0n) is 13.3. The molecule has 0 spiro atoms. The number of carbonyl (C=O) groups excluding carboxylic acids is 2. The van der Waals surface area contributed by atoms with E-state index in [2.05, 4.69) is 9.80 Å². The molecule has 1 aromatic rings. The molecule has 2 bridgehead atoms. The first-order valence-electron chi connectivity index (χ1n) is 8.92. The monoisotopic (exact) mass is 310 g/mol. The molecular formula is C19H22N2O2. The third-order valence-corrected chi connectivity index (χ3v) is 6.46. The number of rotatable bonds is 1. The van der Waals surface area contributed by atoms with Crippen LogP contribution in [0.4, 0.5) is 0 Å². The number of hydrogen-bond acceptors (Lipinski definition) is 3. The number of amides is 1. The number of fused-ring (bicyclic) bond motifs is 3. The van der Waals surface area contributed by atoms with E-state index in [1.54, 1.807) is 0 Å². The zero-order valence-corrected chi connectivity index (χ0v) is 13.3. The highest BCUT2D eigenvalue weighted by Gasteiger charge is 2.44. The van der Waals surface area contributed by atoms with Crippen LogP contribution in [0.1, 0.15) is 57.9 Å². The minimum atomic E-state index is 0.159. The van der Waals surface area contributed by atoms with Gasteiger partial charge in [0.25, 0.3) is 5.91 Å². The van der Waals surface area contributed by atoms with E-state index in [4.69, 9.17) is 0 Å². The average molecular weight is 310 g/mol. The van der Waals surface area contributed by atoms with Gasteiger partial charge in [-0.25, -0.2) is 0 Å². The van der Waals surface area contributed by atoms with Gasteiger partial charge >= 0.3 is 0 Å². The summed E-state index contributed by atoms with van der Waals surface area (Å²) in [4.78, 5) is 30.0. The second-order valence-electron chi connectivity index (χ2n) is 7.59. The van der Waals surface area contributed by atoms with Crippen LogP contribution in [-0.4, -0.2) is 53.7 Å². The number of piperidine rings is 3. The number of nitrogens with zero attached hydrogens (tertiary/aromatic N) is 2. The first-order valence-corrected chi connectivity index (χ1v) is 8.92. The van der Waals surface area contributed by atoms with Crippen molar-refractivity contribution in [3.63, 3.8) is 0 Å². The summed E-state index contributed by atoms with van der Waals surface area (Å²) in [5.74, 6) is 1.39. The van der Waals surface area contributed by atoms with Crippen LogP contribution in [0.5, 0.6) is 0 Å². The third kappa shape index (κ3) is 1.94. The van der Waals surface area contributed by atoms with E-state index in [9.17, 15) is 9.59 Å². The fourth-order valence-electron chi connectivity index (χ4n) is 5.25. The van der Waals surface area contributed by atoms with Crippen molar-refractivity contribution in [1.29, 1.82) is 0 Å². The lowest BCUT2D eigenvalue weighted by molar-refractivity contribution is 0.00270. The van der Waals surface area contributed by atoms with Gasteiger partial charge in [0.2, 0.25) is 0 Å². The van der Waals surface area contributed by atoms with E-state index in [1.165, 1.54) is 25.9 Å². The summed E-state index contributed by atoms with van der Waals surface area (Å²) in [6, 6.07) is 6.09. The van der Waals surface area contributed by atoms with E-state index < -0.39 is 0 Å². The molecule has 3 fully saturated rings. The van der Waals surface area contributed by atoms with Crippen molar-refractivity contribution in [3.05, 3.63) is 34.9 Å². The van der Waals surface area contributed by atoms with Gasteiger partial charge < -0.3 is 9.80 Å². The summed E-state index contributed by atoms with van der Waals surface area (Å²) in [6.45, 7) is 4.24. The maximum Gasteiger partial charge on any atom is 0.254 e. The van der Waals surface area contributed by atoms with Crippen molar-refractivity contribution in [2.75, 3.05) is 26.2 Å². The Morgan fingerprint density at radius 2 is 1.74 bits per heavy atom. The van der Waals surface area contributed by atoms with Crippen LogP contribution in [0.25, 0.3) is 0 Å². The van der Waals surface area contributed by atoms with Crippen molar-refractivity contribution in [2.24, 2.45) is 5.92 Å². The van der Waals surface area contributed by atoms with Crippen LogP contribution in [0.15, 0.2) is 18.2 Å². The van der Waals surface area contributed by atoms with Crippen LogP contribution in [0, 0.1) is 5.92 Å². The van der Waals surface area contributed by atoms with Crippen LogP contribution >= 0.6 is 0 Å². The van der Waals surface area contributed by atoms with Gasteiger partial charge in [-0.15, -0.1) is 0 Å². The molecule has 0 saturated carbocycles. The van der Waals surface area contributed by atoms with Gasteiger partial charge in [0.05, 0.1) is 0 Å². The van der Waals surface area contributed by atoms with Crippen molar-refractivity contribution in [1.82, 2.24) is 9.80 Å². The van der Waals surface area contributed by atoms with E-state index in [0.717, 1.165) is 36.2 Å². The number of ketones is 1. The Bertz CT molecular complexity index is 691. The minimum Gasteiger partial charge on any atom is -0.333 e. The van der Waals surface area contributed by atoms with Crippen LogP contribution in [0.3, 0.4) is 0 Å². The number of hydrogen-bond donors (Lipinski definition) is 0. The summed E-state index contributed by atoms with van der Waals surface area (Å²) < 4.78 is 0. The highest BCUT2D eigenvalue weighted by molar-refractivity contribution is 6.05. The molecule has 6 rings (SSSR count). The molecule has 23 heavy (non-hydrogen) atoms. The molecule has 3 saturated heterocycles. The van der Waals surface area contributed by atoms with Gasteiger partial charge in [-0.05, 0) is 49.9 Å². The Kier molecular flexibility index (Phi) is 2.93. The second kappa shape index (κ2) is 4.91. The Morgan fingerprint density at radius 1 is 0.957 bits per heavy atom. The number of benzene rings is 1. The van der Waals surface area contributed by atoms with Gasteiger partial charge in [-0.3, -0.25) is 9.59 Å². The molecule has 4 nitrogen and oxygen atoms in total. The SMILES string of the molecule is O=C1CC[C@@H]2CN([C@@H]3CN4CCC3CC4)C(=O)c3cccc1c32. The standard InChI is InChI=1S/C19H22N2O2/c22-17-5-4-13-10-21(16-11-20-8-6-12(16)7-9-20)19(23)15-3-1-2-14(17)18(13)15/h1-3,12-13,16H,4-11H2/t13-,16-/m1/s1. The molecule has 1 aromatic carbocycles. The average Bonchev–Trinajstić information content (AvgIpc) is 2.61. The highest BCUT2D eigenvalue weighted by Crippen LogP contribution is 2.41. The first kappa shape index (κ1) is 13.7. The Morgan fingerprint density at radius 3 is 2.48 bits per heavy atom. The van der Waals surface area contributed by atoms with E-state index in [-0.39, 0.29) is 11.7 Å². The molecular weight excluding hydrogens is 288 g/mol. The molecule has 2 atom stereocenters. The molecule has 0 unspecified atom stereocenters. The van der Waals surface area contributed by atoms with Gasteiger partial charge in [-0.2, -0.15) is 0 Å².